The van der Waals surface area contributed by atoms with Gasteiger partial charge in [-0.2, -0.15) is 0 Å². The van der Waals surface area contributed by atoms with Crippen LogP contribution >= 0.6 is 19.6 Å². The second-order valence-corrected chi connectivity index (χ2v) is 15.0. The van der Waals surface area contributed by atoms with E-state index < -0.39 is 99.8 Å². The quantitative estimate of drug-likeness (QED) is 0.145. The number of hydrogen-bond donors (Lipinski definition) is 2. The summed E-state index contributed by atoms with van der Waals surface area (Å²) < 4.78 is 80.8. The molecule has 2 fully saturated rings. The third kappa shape index (κ3) is 7.11. The Morgan fingerprint density at radius 2 is 1.63 bits per heavy atom. The van der Waals surface area contributed by atoms with Gasteiger partial charge in [-0.25, -0.2) is 36.5 Å². The molecule has 2 N–H and O–H groups in total. The van der Waals surface area contributed by atoms with Gasteiger partial charge in [-0.05, 0) is 36.1 Å². The molecule has 7 rings (SSSR count). The number of rotatable bonds is 13. The molecule has 2 atom stereocenters. The van der Waals surface area contributed by atoms with Crippen LogP contribution in [0.5, 0.6) is 5.75 Å². The SMILES string of the molecule is O=C(CO)OCOP(=O)(OCOC(=O)CO)OCOc1c2n(ccc1=O)N([C@@H]1c3ccccc3SCc3c1ccc(F)c3F)[C@@H]1COCC3(CC3)N1C2=O. The van der Waals surface area contributed by atoms with E-state index in [-0.39, 0.29) is 30.2 Å². The number of esters is 2. The zero-order chi connectivity index (χ0) is 38.2. The number of morpholine rings is 1. The van der Waals surface area contributed by atoms with Crippen molar-refractivity contribution in [2.45, 2.75) is 41.2 Å². The van der Waals surface area contributed by atoms with Gasteiger partial charge >= 0.3 is 19.8 Å². The highest BCUT2D eigenvalue weighted by molar-refractivity contribution is 7.98. The van der Waals surface area contributed by atoms with Gasteiger partial charge in [-0.1, -0.05) is 24.3 Å². The number of phosphoric acid groups is 1. The second-order valence-electron chi connectivity index (χ2n) is 12.3. The fraction of sp³-hybridized carbons (Fsp3) is 0.394. The van der Waals surface area contributed by atoms with Crippen molar-refractivity contribution < 1.29 is 70.5 Å². The summed E-state index contributed by atoms with van der Waals surface area (Å²) in [4.78, 5) is 53.2. The maximum absolute atomic E-state index is 15.6. The van der Waals surface area contributed by atoms with Gasteiger partial charge in [0.1, 0.15) is 19.4 Å². The number of hydrogen-bond acceptors (Lipinski definition) is 16. The van der Waals surface area contributed by atoms with Crippen molar-refractivity contribution in [3.63, 3.8) is 0 Å². The summed E-state index contributed by atoms with van der Waals surface area (Å²) in [7, 11) is -4.85. The number of aliphatic hydroxyl groups excluding tert-OH is 2. The van der Waals surface area contributed by atoms with Gasteiger partial charge in [0.05, 0.1) is 24.8 Å². The Balaban J connectivity index is 1.28. The van der Waals surface area contributed by atoms with Crippen LogP contribution in [0.1, 0.15) is 46.1 Å². The van der Waals surface area contributed by atoms with Crippen molar-refractivity contribution in [2.75, 3.05) is 51.8 Å². The lowest BCUT2D eigenvalue weighted by atomic mass is 9.92. The Labute approximate surface area is 308 Å². The monoisotopic (exact) mass is 795 g/mol. The van der Waals surface area contributed by atoms with Gasteiger partial charge < -0.3 is 34.1 Å². The highest BCUT2D eigenvalue weighted by Crippen LogP contribution is 2.52. The number of nitrogens with zero attached hydrogens (tertiary/aromatic N) is 3. The molecule has 288 valence electrons. The molecule has 3 aromatic rings. The van der Waals surface area contributed by atoms with Crippen molar-refractivity contribution in [1.82, 2.24) is 9.58 Å². The largest absolute Gasteiger partial charge is 0.483 e. The summed E-state index contributed by atoms with van der Waals surface area (Å²) in [6, 6.07) is 10.1. The van der Waals surface area contributed by atoms with Gasteiger partial charge in [0.25, 0.3) is 5.91 Å². The van der Waals surface area contributed by atoms with Crippen LogP contribution in [0, 0.1) is 11.6 Å². The van der Waals surface area contributed by atoms with Gasteiger partial charge in [0, 0.05) is 28.5 Å². The number of phosphoric ester groups is 1. The van der Waals surface area contributed by atoms with Crippen LogP contribution in [0.2, 0.25) is 0 Å². The molecular weight excluding hydrogens is 763 g/mol. The zero-order valence-corrected chi connectivity index (χ0v) is 29.8. The topological polar surface area (TPSA) is 202 Å². The molecule has 4 heterocycles. The molecule has 1 aromatic heterocycles. The first-order chi connectivity index (χ1) is 26.0. The number of carbonyl (C=O) groups is 3. The summed E-state index contributed by atoms with van der Waals surface area (Å²) >= 11 is 1.33. The molecule has 1 aliphatic carbocycles. The normalized spacial score (nSPS) is 19.6. The van der Waals surface area contributed by atoms with Crippen LogP contribution in [0.3, 0.4) is 0 Å². The van der Waals surface area contributed by atoms with E-state index in [1.165, 1.54) is 28.7 Å². The molecule has 3 aliphatic heterocycles. The highest BCUT2D eigenvalue weighted by atomic mass is 32.2. The summed E-state index contributed by atoms with van der Waals surface area (Å²) in [6.07, 6.45) is 1.75. The number of pyridine rings is 1. The molecule has 0 radical (unpaired) electrons. The fourth-order valence-corrected chi connectivity index (χ4v) is 8.48. The first-order valence-corrected chi connectivity index (χ1v) is 18.8. The molecule has 0 bridgehead atoms. The highest BCUT2D eigenvalue weighted by Gasteiger charge is 2.60. The molecule has 2 aromatic carbocycles. The van der Waals surface area contributed by atoms with E-state index in [1.54, 1.807) is 16.0 Å². The number of fused-ring (bicyclic) bond motifs is 5. The minimum absolute atomic E-state index is 0.0305. The lowest BCUT2D eigenvalue weighted by Crippen LogP contribution is -2.70. The standard InChI is InChI=1S/C33H32F2N3O14PS/c34-22-6-5-19-21(28(22)35)14-54-24-4-2-1-3-20(24)29(19)38-25-13-46-15-33(8-9-33)37(25)32(44)30-31(23(41)7-10-36(30)38)49-18-52-53(45,50-16-47-26(42)11-39)51-17-48-27(43)12-40/h1-7,10,25,29,39-40H,8-9,11-18H2/t25-,29+/m1/s1. The molecular formula is C33H32F2N3O14PS. The van der Waals surface area contributed by atoms with E-state index in [1.807, 2.05) is 18.2 Å². The van der Waals surface area contributed by atoms with Crippen molar-refractivity contribution in [2.24, 2.45) is 0 Å². The van der Waals surface area contributed by atoms with Crippen LogP contribution in [0.25, 0.3) is 0 Å². The third-order valence-corrected chi connectivity index (χ3v) is 11.6. The van der Waals surface area contributed by atoms with Gasteiger partial charge in [0.15, 0.2) is 17.3 Å². The first-order valence-electron chi connectivity index (χ1n) is 16.3. The molecule has 1 spiro atoms. The summed E-state index contributed by atoms with van der Waals surface area (Å²) in [5.41, 5.74) is -0.518. The van der Waals surface area contributed by atoms with Crippen molar-refractivity contribution in [3.8, 4) is 5.75 Å². The number of halogens is 2. The number of ether oxygens (including phenoxy) is 4. The minimum Gasteiger partial charge on any atom is -0.460 e. The lowest BCUT2D eigenvalue weighted by molar-refractivity contribution is -0.157. The van der Waals surface area contributed by atoms with Crippen LogP contribution in [-0.4, -0.2) is 96.1 Å². The minimum atomic E-state index is -4.85. The molecule has 21 heteroatoms. The van der Waals surface area contributed by atoms with Gasteiger partial charge in [0.2, 0.25) is 31.6 Å². The van der Waals surface area contributed by atoms with E-state index in [2.05, 4.69) is 9.47 Å². The fourth-order valence-electron chi connectivity index (χ4n) is 6.60. The molecule has 1 amide bonds. The van der Waals surface area contributed by atoms with Crippen LogP contribution in [0.15, 0.2) is 58.4 Å². The van der Waals surface area contributed by atoms with Gasteiger partial charge in [-0.15, -0.1) is 11.8 Å². The molecule has 1 saturated carbocycles. The van der Waals surface area contributed by atoms with Crippen LogP contribution < -0.4 is 15.2 Å². The second kappa shape index (κ2) is 15.4. The van der Waals surface area contributed by atoms with Crippen LogP contribution in [-0.2, 0) is 47.7 Å². The predicted molar refractivity (Wildman–Crippen MR) is 178 cm³/mol. The van der Waals surface area contributed by atoms with E-state index >= 15 is 4.39 Å². The number of benzene rings is 2. The van der Waals surface area contributed by atoms with E-state index in [9.17, 15) is 28.1 Å². The smallest absolute Gasteiger partial charge is 0.460 e. The molecule has 4 aliphatic rings. The molecule has 0 unspecified atom stereocenters. The van der Waals surface area contributed by atoms with Gasteiger partial charge in [-0.3, -0.25) is 19.3 Å². The lowest BCUT2D eigenvalue weighted by Gasteiger charge is -2.54. The summed E-state index contributed by atoms with van der Waals surface area (Å²) in [6.45, 7) is -5.02. The Kier molecular flexibility index (Phi) is 10.8. The number of thioether (sulfide) groups is 1. The maximum Gasteiger partial charge on any atom is 0.483 e. The zero-order valence-electron chi connectivity index (χ0n) is 28.1. The average Bonchev–Trinajstić information content (AvgIpc) is 3.96. The Morgan fingerprint density at radius 1 is 0.944 bits per heavy atom. The van der Waals surface area contributed by atoms with Crippen LogP contribution in [0.4, 0.5) is 8.78 Å². The predicted octanol–water partition coefficient (Wildman–Crippen LogP) is 2.28. The maximum atomic E-state index is 15.6. The first kappa shape index (κ1) is 37.9. The third-order valence-electron chi connectivity index (χ3n) is 9.20. The van der Waals surface area contributed by atoms with Crippen molar-refractivity contribution in [3.05, 3.63) is 92.9 Å². The number of carbonyl (C=O) groups excluding carboxylic acids is 3. The van der Waals surface area contributed by atoms with Crippen molar-refractivity contribution in [1.29, 1.82) is 0 Å². The molecule has 1 saturated heterocycles. The number of aromatic nitrogens is 1. The Bertz CT molecular complexity index is 2060. The number of aliphatic hydroxyl groups is 2. The summed E-state index contributed by atoms with van der Waals surface area (Å²) in [5.74, 6) is -5.37. The van der Waals surface area contributed by atoms with E-state index in [0.717, 1.165) is 17.0 Å². The average molecular weight is 796 g/mol. The Hall–Kier alpha value is -4.40. The van der Waals surface area contributed by atoms with E-state index in [4.69, 9.17) is 33.3 Å². The molecule has 17 nitrogen and oxygen atoms in total. The molecule has 54 heavy (non-hydrogen) atoms. The Morgan fingerprint density at radius 3 is 2.31 bits per heavy atom. The van der Waals surface area contributed by atoms with Crippen molar-refractivity contribution >= 4 is 37.4 Å². The summed E-state index contributed by atoms with van der Waals surface area (Å²) in [5, 5.41) is 19.5. The number of amides is 1. The van der Waals surface area contributed by atoms with E-state index in [0.29, 0.717) is 24.0 Å².